The van der Waals surface area contributed by atoms with Crippen molar-refractivity contribution in [3.05, 3.63) is 29.6 Å². The average molecular weight is 286 g/mol. The summed E-state index contributed by atoms with van der Waals surface area (Å²) in [7, 11) is 0. The summed E-state index contributed by atoms with van der Waals surface area (Å²) in [6, 6.07) is 4.22. The van der Waals surface area contributed by atoms with E-state index in [1.165, 1.54) is 6.42 Å². The molecule has 2 atom stereocenters. The Bertz CT molecular complexity index is 551. The number of amides is 1. The smallest absolute Gasteiger partial charge is 0.285 e. The number of pyridine rings is 1. The van der Waals surface area contributed by atoms with E-state index < -0.39 is 0 Å². The Hall–Kier alpha value is -1.90. The Balaban J connectivity index is 2.16. The Morgan fingerprint density at radius 3 is 2.86 bits per heavy atom. The summed E-state index contributed by atoms with van der Waals surface area (Å²) in [6.07, 6.45) is 4.98. The third-order valence-electron chi connectivity index (χ3n) is 3.77. The highest BCUT2D eigenvalue weighted by Gasteiger charge is 2.27. The Kier molecular flexibility index (Phi) is 5.32. The number of carbonyl (C=O) groups excluding carboxylic acids is 1. The number of nitrogens with zero attached hydrogens (tertiary/aromatic N) is 2. The molecule has 2 rings (SSSR count). The van der Waals surface area contributed by atoms with Crippen molar-refractivity contribution < 1.29 is 4.79 Å². The molecule has 3 N–H and O–H groups in total. The van der Waals surface area contributed by atoms with E-state index in [9.17, 15) is 4.79 Å². The first-order valence-electron chi connectivity index (χ1n) is 7.36. The van der Waals surface area contributed by atoms with Crippen LogP contribution in [0.4, 0.5) is 0 Å². The molecule has 2 heterocycles. The molecule has 1 fully saturated rings. The molecule has 0 radical (unpaired) electrons. The van der Waals surface area contributed by atoms with Crippen LogP contribution in [0, 0.1) is 11.8 Å². The predicted molar refractivity (Wildman–Crippen MR) is 82.2 cm³/mol. The summed E-state index contributed by atoms with van der Waals surface area (Å²) < 4.78 is 0. The molecule has 21 heavy (non-hydrogen) atoms. The highest BCUT2D eigenvalue weighted by atomic mass is 16.2. The third kappa shape index (κ3) is 3.81. The lowest BCUT2D eigenvalue weighted by Gasteiger charge is -2.38. The van der Waals surface area contributed by atoms with Gasteiger partial charge in [0.05, 0.1) is 12.1 Å². The minimum Gasteiger partial charge on any atom is -0.320 e. The molecular formula is C16H22N4O. The van der Waals surface area contributed by atoms with Gasteiger partial charge in [0.15, 0.2) is 0 Å². The van der Waals surface area contributed by atoms with Crippen molar-refractivity contribution in [3.8, 4) is 11.8 Å². The van der Waals surface area contributed by atoms with Crippen molar-refractivity contribution in [1.82, 2.24) is 15.4 Å². The standard InChI is InChI=1S/C16H22N4O/c1-12-6-3-7-13(2)20(12)19-16(21)15-14(8-4-10-17)9-5-11-18-15/h5,9,11-13H,3,6-7,10,17H2,1-2H3,(H,19,21). The summed E-state index contributed by atoms with van der Waals surface area (Å²) in [5, 5.41) is 2.03. The first-order chi connectivity index (χ1) is 10.1. The summed E-state index contributed by atoms with van der Waals surface area (Å²) in [6.45, 7) is 4.52. The van der Waals surface area contributed by atoms with E-state index in [0.717, 1.165) is 12.8 Å². The van der Waals surface area contributed by atoms with Crippen molar-refractivity contribution >= 4 is 5.91 Å². The second kappa shape index (κ2) is 7.21. The highest BCUT2D eigenvalue weighted by molar-refractivity contribution is 5.94. The molecule has 0 saturated carbocycles. The number of aromatic nitrogens is 1. The molecule has 2 unspecified atom stereocenters. The molecule has 1 aromatic heterocycles. The van der Waals surface area contributed by atoms with Crippen LogP contribution in [-0.4, -0.2) is 34.5 Å². The molecule has 5 heteroatoms. The van der Waals surface area contributed by atoms with Gasteiger partial charge in [-0.05, 0) is 38.8 Å². The Morgan fingerprint density at radius 1 is 1.48 bits per heavy atom. The first-order valence-corrected chi connectivity index (χ1v) is 7.36. The quantitative estimate of drug-likeness (QED) is 0.804. The fraction of sp³-hybridized carbons (Fsp3) is 0.500. The number of nitrogens with two attached hydrogens (primary N) is 1. The molecular weight excluding hydrogens is 264 g/mol. The van der Waals surface area contributed by atoms with Crippen LogP contribution in [0.25, 0.3) is 0 Å². The number of rotatable bonds is 2. The molecule has 0 bridgehead atoms. The zero-order chi connectivity index (χ0) is 15.2. The maximum absolute atomic E-state index is 12.5. The van der Waals surface area contributed by atoms with Crippen molar-refractivity contribution in [1.29, 1.82) is 0 Å². The fourth-order valence-electron chi connectivity index (χ4n) is 2.65. The number of hydrazine groups is 1. The summed E-state index contributed by atoms with van der Waals surface area (Å²) in [5.74, 6) is 5.45. The summed E-state index contributed by atoms with van der Waals surface area (Å²) >= 11 is 0. The van der Waals surface area contributed by atoms with Gasteiger partial charge in [0, 0.05) is 18.3 Å². The van der Waals surface area contributed by atoms with Crippen molar-refractivity contribution in [2.75, 3.05) is 6.54 Å². The van der Waals surface area contributed by atoms with E-state index in [0.29, 0.717) is 23.3 Å². The molecule has 0 aromatic carbocycles. The SMILES string of the molecule is CC1CCCC(C)N1NC(=O)c1ncccc1C#CCN. The molecule has 0 spiro atoms. The fourth-order valence-corrected chi connectivity index (χ4v) is 2.65. The second-order valence-electron chi connectivity index (χ2n) is 5.38. The molecule has 1 aromatic rings. The lowest BCUT2D eigenvalue weighted by atomic mass is 10.00. The largest absolute Gasteiger partial charge is 0.320 e. The van der Waals surface area contributed by atoms with Gasteiger partial charge in [0.2, 0.25) is 0 Å². The topological polar surface area (TPSA) is 71.2 Å². The van der Waals surface area contributed by atoms with Gasteiger partial charge in [-0.1, -0.05) is 18.3 Å². The summed E-state index contributed by atoms with van der Waals surface area (Å²) in [5.41, 5.74) is 9.33. The van der Waals surface area contributed by atoms with E-state index in [1.807, 2.05) is 5.01 Å². The van der Waals surface area contributed by atoms with Gasteiger partial charge in [0.25, 0.3) is 5.91 Å². The zero-order valence-electron chi connectivity index (χ0n) is 12.6. The van der Waals surface area contributed by atoms with Crippen LogP contribution < -0.4 is 11.2 Å². The van der Waals surface area contributed by atoms with E-state index in [4.69, 9.17) is 5.73 Å². The van der Waals surface area contributed by atoms with Gasteiger partial charge in [-0.25, -0.2) is 9.99 Å². The monoisotopic (exact) mass is 286 g/mol. The van der Waals surface area contributed by atoms with Gasteiger partial charge in [-0.15, -0.1) is 0 Å². The van der Waals surface area contributed by atoms with Crippen LogP contribution >= 0.6 is 0 Å². The number of nitrogens with one attached hydrogen (secondary N) is 1. The van der Waals surface area contributed by atoms with Gasteiger partial charge >= 0.3 is 0 Å². The summed E-state index contributed by atoms with van der Waals surface area (Å²) in [4.78, 5) is 16.6. The molecule has 112 valence electrons. The minimum atomic E-state index is -0.211. The van der Waals surface area contributed by atoms with Crippen molar-refractivity contribution in [2.45, 2.75) is 45.2 Å². The number of hydrogen-bond donors (Lipinski definition) is 2. The Morgan fingerprint density at radius 2 is 2.19 bits per heavy atom. The molecule has 0 aliphatic carbocycles. The lowest BCUT2D eigenvalue weighted by Crippen LogP contribution is -2.54. The van der Waals surface area contributed by atoms with Crippen LogP contribution in [0.15, 0.2) is 18.3 Å². The molecule has 1 aliphatic heterocycles. The maximum atomic E-state index is 12.5. The highest BCUT2D eigenvalue weighted by Crippen LogP contribution is 2.20. The normalized spacial score (nSPS) is 22.2. The average Bonchev–Trinajstić information content (AvgIpc) is 2.49. The molecule has 1 saturated heterocycles. The van der Waals surface area contributed by atoms with Crippen molar-refractivity contribution in [2.24, 2.45) is 5.73 Å². The van der Waals surface area contributed by atoms with Gasteiger partial charge in [0.1, 0.15) is 5.69 Å². The van der Waals surface area contributed by atoms with Gasteiger partial charge in [-0.2, -0.15) is 0 Å². The van der Waals surface area contributed by atoms with E-state index in [2.05, 4.69) is 36.1 Å². The first kappa shape index (κ1) is 15.5. The predicted octanol–water partition coefficient (Wildman–Crippen LogP) is 1.30. The van der Waals surface area contributed by atoms with E-state index in [-0.39, 0.29) is 12.5 Å². The number of carbonyl (C=O) groups is 1. The van der Waals surface area contributed by atoms with Crippen molar-refractivity contribution in [3.63, 3.8) is 0 Å². The minimum absolute atomic E-state index is 0.211. The van der Waals surface area contributed by atoms with Crippen LogP contribution in [0.1, 0.15) is 49.2 Å². The maximum Gasteiger partial charge on any atom is 0.285 e. The van der Waals surface area contributed by atoms with Gasteiger partial charge < -0.3 is 5.73 Å². The molecule has 5 nitrogen and oxygen atoms in total. The van der Waals surface area contributed by atoms with Crippen LogP contribution in [0.5, 0.6) is 0 Å². The van der Waals surface area contributed by atoms with Gasteiger partial charge in [-0.3, -0.25) is 10.2 Å². The second-order valence-corrected chi connectivity index (χ2v) is 5.38. The Labute approximate surface area is 125 Å². The number of piperidine rings is 1. The van der Waals surface area contributed by atoms with Crippen LogP contribution in [0.3, 0.4) is 0 Å². The molecule has 1 amide bonds. The number of hydrogen-bond acceptors (Lipinski definition) is 4. The third-order valence-corrected chi connectivity index (χ3v) is 3.77. The van der Waals surface area contributed by atoms with E-state index >= 15 is 0 Å². The van der Waals surface area contributed by atoms with E-state index in [1.54, 1.807) is 18.3 Å². The zero-order valence-corrected chi connectivity index (χ0v) is 12.6. The molecule has 1 aliphatic rings. The van der Waals surface area contributed by atoms with Crippen LogP contribution in [0.2, 0.25) is 0 Å². The lowest BCUT2D eigenvalue weighted by molar-refractivity contribution is 0.0366. The van der Waals surface area contributed by atoms with Crippen LogP contribution in [-0.2, 0) is 0 Å².